The third-order valence-corrected chi connectivity index (χ3v) is 5.55. The molecule has 32 heavy (non-hydrogen) atoms. The number of anilines is 1. The highest BCUT2D eigenvalue weighted by Gasteiger charge is 2.36. The number of methoxy groups -OCH3 is 3. The fourth-order valence-corrected chi connectivity index (χ4v) is 3.77. The van der Waals surface area contributed by atoms with Crippen LogP contribution in [0.4, 0.5) is 5.69 Å². The summed E-state index contributed by atoms with van der Waals surface area (Å²) in [7, 11) is 4.64. The molecule has 2 aromatic carbocycles. The number of nitrogens with one attached hydrogen (secondary N) is 1. The molecule has 3 rings (SSSR count). The zero-order valence-corrected chi connectivity index (χ0v) is 19.8. The molecule has 168 valence electrons. The van der Waals surface area contributed by atoms with Crippen LogP contribution in [0.3, 0.4) is 0 Å². The average Bonchev–Trinajstić information content (AvgIpc) is 2.76. The molecule has 0 bridgehead atoms. The minimum atomic E-state index is -0.551. The average molecular weight is 455 g/mol. The highest BCUT2D eigenvalue weighted by atomic mass is 32.1. The molecule has 0 aliphatic carbocycles. The predicted octanol–water partition coefficient (Wildman–Crippen LogP) is 3.98. The van der Waals surface area contributed by atoms with E-state index in [0.29, 0.717) is 17.2 Å². The zero-order valence-electron chi connectivity index (χ0n) is 18.9. The lowest BCUT2D eigenvalue weighted by molar-refractivity contribution is -0.122. The van der Waals surface area contributed by atoms with Crippen molar-refractivity contribution in [3.63, 3.8) is 0 Å². The second-order valence-electron chi connectivity index (χ2n) is 7.60. The van der Waals surface area contributed by atoms with E-state index in [4.69, 9.17) is 26.4 Å². The van der Waals surface area contributed by atoms with E-state index in [1.54, 1.807) is 31.4 Å². The molecule has 1 N–H and O–H groups in total. The van der Waals surface area contributed by atoms with Gasteiger partial charge in [-0.1, -0.05) is 13.8 Å². The van der Waals surface area contributed by atoms with Gasteiger partial charge in [-0.2, -0.15) is 0 Å². The Labute approximate surface area is 193 Å². The highest BCUT2D eigenvalue weighted by Crippen LogP contribution is 2.35. The van der Waals surface area contributed by atoms with Gasteiger partial charge < -0.3 is 14.2 Å². The van der Waals surface area contributed by atoms with Crippen molar-refractivity contribution in [3.05, 3.63) is 52.6 Å². The van der Waals surface area contributed by atoms with Gasteiger partial charge in [0.25, 0.3) is 11.8 Å². The van der Waals surface area contributed by atoms with Gasteiger partial charge in [0.2, 0.25) is 0 Å². The molecule has 1 fully saturated rings. The second kappa shape index (κ2) is 9.40. The minimum absolute atomic E-state index is 0.0186. The molecule has 1 heterocycles. The van der Waals surface area contributed by atoms with Gasteiger partial charge in [0.15, 0.2) is 5.11 Å². The fourth-order valence-electron chi connectivity index (χ4n) is 3.50. The molecule has 1 saturated heterocycles. The summed E-state index contributed by atoms with van der Waals surface area (Å²) in [6.07, 6.45) is 1.59. The van der Waals surface area contributed by atoms with Gasteiger partial charge in [0, 0.05) is 6.07 Å². The number of amides is 2. The van der Waals surface area contributed by atoms with E-state index >= 15 is 0 Å². The molecule has 2 amide bonds. The van der Waals surface area contributed by atoms with E-state index in [0.717, 1.165) is 22.4 Å². The molecule has 0 atom stereocenters. The molecule has 0 aromatic heterocycles. The normalized spacial score (nSPS) is 15.3. The Balaban J connectivity index is 2.10. The Bertz CT molecular complexity index is 1120. The van der Waals surface area contributed by atoms with Gasteiger partial charge in [-0.3, -0.25) is 14.9 Å². The van der Waals surface area contributed by atoms with Crippen molar-refractivity contribution in [2.45, 2.75) is 26.7 Å². The second-order valence-corrected chi connectivity index (χ2v) is 7.99. The fraction of sp³-hybridized carbons (Fsp3) is 0.292. The third-order valence-electron chi connectivity index (χ3n) is 5.27. The van der Waals surface area contributed by atoms with Crippen molar-refractivity contribution in [1.82, 2.24) is 5.32 Å². The topological polar surface area (TPSA) is 77.1 Å². The van der Waals surface area contributed by atoms with Crippen LogP contribution < -0.4 is 24.4 Å². The molecule has 1 aliphatic rings. The first-order valence-corrected chi connectivity index (χ1v) is 10.4. The Morgan fingerprint density at radius 2 is 1.69 bits per heavy atom. The minimum Gasteiger partial charge on any atom is -0.497 e. The molecule has 0 spiro atoms. The largest absolute Gasteiger partial charge is 0.497 e. The number of rotatable bonds is 6. The monoisotopic (exact) mass is 454 g/mol. The van der Waals surface area contributed by atoms with Crippen LogP contribution in [0.15, 0.2) is 35.9 Å². The van der Waals surface area contributed by atoms with Crippen molar-refractivity contribution in [2.24, 2.45) is 0 Å². The van der Waals surface area contributed by atoms with Crippen molar-refractivity contribution >= 4 is 40.9 Å². The van der Waals surface area contributed by atoms with E-state index in [2.05, 4.69) is 19.2 Å². The van der Waals surface area contributed by atoms with Crippen LogP contribution in [-0.2, 0) is 9.59 Å². The maximum Gasteiger partial charge on any atom is 0.270 e. The van der Waals surface area contributed by atoms with Crippen molar-refractivity contribution < 1.29 is 23.8 Å². The number of benzene rings is 2. The summed E-state index contributed by atoms with van der Waals surface area (Å²) in [5.41, 5.74) is 2.99. The lowest BCUT2D eigenvalue weighted by Crippen LogP contribution is -2.54. The molecule has 7 nitrogen and oxygen atoms in total. The van der Waals surface area contributed by atoms with Gasteiger partial charge in [-0.25, -0.2) is 4.90 Å². The summed E-state index contributed by atoms with van der Waals surface area (Å²) < 4.78 is 16.1. The third kappa shape index (κ3) is 4.31. The first-order valence-electron chi connectivity index (χ1n) is 10.0. The Morgan fingerprint density at radius 3 is 2.28 bits per heavy atom. The number of hydrogen-bond donors (Lipinski definition) is 1. The van der Waals surface area contributed by atoms with Crippen molar-refractivity contribution in [2.75, 3.05) is 26.2 Å². The summed E-state index contributed by atoms with van der Waals surface area (Å²) in [6, 6.07) is 8.84. The first kappa shape index (κ1) is 23.3. The van der Waals surface area contributed by atoms with Gasteiger partial charge >= 0.3 is 0 Å². The summed E-state index contributed by atoms with van der Waals surface area (Å²) in [5, 5.41) is 2.59. The van der Waals surface area contributed by atoms with E-state index in [1.165, 1.54) is 19.1 Å². The maximum absolute atomic E-state index is 13.4. The number of aryl methyl sites for hydroxylation is 1. The number of ether oxygens (including phenoxy) is 3. The summed E-state index contributed by atoms with van der Waals surface area (Å²) in [6.45, 7) is 6.01. The van der Waals surface area contributed by atoms with Crippen molar-refractivity contribution in [3.8, 4) is 17.2 Å². The van der Waals surface area contributed by atoms with Crippen LogP contribution in [0.2, 0.25) is 0 Å². The van der Waals surface area contributed by atoms with Crippen LogP contribution in [-0.4, -0.2) is 38.3 Å². The van der Waals surface area contributed by atoms with E-state index in [1.807, 2.05) is 19.1 Å². The van der Waals surface area contributed by atoms with Crippen LogP contribution in [0, 0.1) is 6.92 Å². The van der Waals surface area contributed by atoms with Crippen LogP contribution in [0.25, 0.3) is 6.08 Å². The van der Waals surface area contributed by atoms with E-state index in [-0.39, 0.29) is 16.6 Å². The summed E-state index contributed by atoms with van der Waals surface area (Å²) in [4.78, 5) is 27.4. The SMILES string of the molecule is COc1ccc(N2C(=O)/C(=C/c3cc(C(C)C)c(OC)cc3C)C(=O)NC2=S)c(OC)c1. The number of hydrogen-bond acceptors (Lipinski definition) is 6. The smallest absolute Gasteiger partial charge is 0.270 e. The van der Waals surface area contributed by atoms with Gasteiger partial charge in [0.05, 0.1) is 27.0 Å². The molecule has 0 saturated carbocycles. The van der Waals surface area contributed by atoms with Crippen LogP contribution >= 0.6 is 12.2 Å². The van der Waals surface area contributed by atoms with Gasteiger partial charge in [-0.15, -0.1) is 0 Å². The van der Waals surface area contributed by atoms with Gasteiger partial charge in [0.1, 0.15) is 22.8 Å². The molecular formula is C24H26N2O5S. The number of carbonyl (C=O) groups is 2. The Morgan fingerprint density at radius 1 is 1.00 bits per heavy atom. The van der Waals surface area contributed by atoms with E-state index < -0.39 is 11.8 Å². The molecule has 8 heteroatoms. The molecule has 0 unspecified atom stereocenters. The van der Waals surface area contributed by atoms with Crippen LogP contribution in [0.5, 0.6) is 17.2 Å². The van der Waals surface area contributed by atoms with Crippen molar-refractivity contribution in [1.29, 1.82) is 0 Å². The Hall–Kier alpha value is -3.39. The lowest BCUT2D eigenvalue weighted by Gasteiger charge is -2.30. The predicted molar refractivity (Wildman–Crippen MR) is 128 cm³/mol. The number of nitrogens with zero attached hydrogens (tertiary/aromatic N) is 1. The van der Waals surface area contributed by atoms with Gasteiger partial charge in [-0.05, 0) is 72.1 Å². The number of carbonyl (C=O) groups excluding carboxylic acids is 2. The van der Waals surface area contributed by atoms with E-state index in [9.17, 15) is 9.59 Å². The number of thiocarbonyl (C=S) groups is 1. The standard InChI is InChI=1S/C24H26N2O5S/c1-13(2)17-10-15(14(3)9-20(17)30-5)11-18-22(27)25-24(32)26(23(18)28)19-8-7-16(29-4)12-21(19)31-6/h7-13H,1-6H3,(H,25,27,32)/b18-11+. The molecular weight excluding hydrogens is 428 g/mol. The molecule has 0 radical (unpaired) electrons. The summed E-state index contributed by atoms with van der Waals surface area (Å²) >= 11 is 5.31. The van der Waals surface area contributed by atoms with Crippen LogP contribution in [0.1, 0.15) is 36.5 Å². The highest BCUT2D eigenvalue weighted by molar-refractivity contribution is 7.80. The first-order chi connectivity index (χ1) is 15.2. The Kier molecular flexibility index (Phi) is 6.84. The lowest BCUT2D eigenvalue weighted by atomic mass is 9.95. The molecule has 1 aliphatic heterocycles. The zero-order chi connectivity index (χ0) is 23.6. The molecule has 2 aromatic rings. The maximum atomic E-state index is 13.4. The quantitative estimate of drug-likeness (QED) is 0.404. The summed E-state index contributed by atoms with van der Waals surface area (Å²) in [5.74, 6) is 0.832.